The van der Waals surface area contributed by atoms with Crippen LogP contribution in [0.25, 0.3) is 28.2 Å². The van der Waals surface area contributed by atoms with Crippen molar-refractivity contribution in [3.05, 3.63) is 55.1 Å². The van der Waals surface area contributed by atoms with Gasteiger partial charge < -0.3 is 15.7 Å². The molecule has 1 unspecified atom stereocenters. The molecular weight excluding hydrogens is 426 g/mol. The standard InChI is InChI=1S/C26H33N7O/c1-25(2)10-11-27-14-22(25)31-23-7-5-6-20(30-23)21-13-28-24-9-8-18(16-33(21)24)19-12-29-32(15-19)17-26(3,4)34/h5-9,12-13,15-16,22,27,34H,10-11,14,17H2,1-4H3,(H,30,31). The monoisotopic (exact) mass is 459 g/mol. The van der Waals surface area contributed by atoms with Gasteiger partial charge in [0.1, 0.15) is 11.5 Å². The normalized spacial score (nSPS) is 18.3. The third kappa shape index (κ3) is 4.69. The first-order chi connectivity index (χ1) is 16.2. The van der Waals surface area contributed by atoms with E-state index >= 15 is 0 Å². The number of anilines is 1. The van der Waals surface area contributed by atoms with E-state index in [1.54, 1.807) is 18.5 Å². The average molecular weight is 460 g/mol. The van der Waals surface area contributed by atoms with Crippen molar-refractivity contribution < 1.29 is 5.11 Å². The first kappa shape index (κ1) is 22.6. The van der Waals surface area contributed by atoms with Gasteiger partial charge >= 0.3 is 0 Å². The van der Waals surface area contributed by atoms with Crippen LogP contribution < -0.4 is 10.6 Å². The Bertz CT molecular complexity index is 1300. The molecule has 1 saturated heterocycles. The van der Waals surface area contributed by atoms with Crippen LogP contribution in [0.4, 0.5) is 5.82 Å². The number of nitrogens with zero attached hydrogens (tertiary/aromatic N) is 5. The number of hydrogen-bond donors (Lipinski definition) is 3. The zero-order chi connectivity index (χ0) is 23.9. The van der Waals surface area contributed by atoms with Gasteiger partial charge in [0, 0.05) is 36.1 Å². The number of aliphatic hydroxyl groups is 1. The summed E-state index contributed by atoms with van der Waals surface area (Å²) in [6.07, 6.45) is 8.85. The summed E-state index contributed by atoms with van der Waals surface area (Å²) in [5.41, 5.74) is 4.06. The van der Waals surface area contributed by atoms with Gasteiger partial charge in [0.15, 0.2) is 0 Å². The smallest absolute Gasteiger partial charge is 0.137 e. The quantitative estimate of drug-likeness (QED) is 0.406. The number of aromatic nitrogens is 5. The topological polar surface area (TPSA) is 92.3 Å². The molecule has 1 atom stereocenters. The minimum atomic E-state index is -0.821. The molecule has 1 aliphatic heterocycles. The van der Waals surface area contributed by atoms with Crippen molar-refractivity contribution in [1.82, 2.24) is 29.5 Å². The van der Waals surface area contributed by atoms with Crippen LogP contribution >= 0.6 is 0 Å². The Hall–Kier alpha value is -3.23. The number of piperidine rings is 1. The van der Waals surface area contributed by atoms with Gasteiger partial charge in [-0.25, -0.2) is 9.97 Å². The second-order valence-electron chi connectivity index (χ2n) is 10.6. The largest absolute Gasteiger partial charge is 0.389 e. The van der Waals surface area contributed by atoms with E-state index in [1.165, 1.54) is 0 Å². The van der Waals surface area contributed by atoms with Gasteiger partial charge in [-0.1, -0.05) is 19.9 Å². The van der Waals surface area contributed by atoms with Crippen LogP contribution in [-0.2, 0) is 6.54 Å². The maximum absolute atomic E-state index is 10.1. The van der Waals surface area contributed by atoms with Crippen LogP contribution in [0.2, 0.25) is 0 Å². The number of imidazole rings is 1. The molecule has 8 nitrogen and oxygen atoms in total. The lowest BCUT2D eigenvalue weighted by Crippen LogP contribution is -2.50. The second-order valence-corrected chi connectivity index (χ2v) is 10.6. The highest BCUT2D eigenvalue weighted by Crippen LogP contribution is 2.30. The van der Waals surface area contributed by atoms with Crippen molar-refractivity contribution in [2.45, 2.75) is 52.3 Å². The van der Waals surface area contributed by atoms with Gasteiger partial charge in [-0.05, 0) is 56.5 Å². The summed E-state index contributed by atoms with van der Waals surface area (Å²) in [6, 6.07) is 10.5. The van der Waals surface area contributed by atoms with Gasteiger partial charge in [-0.2, -0.15) is 5.10 Å². The maximum atomic E-state index is 10.1. The van der Waals surface area contributed by atoms with Crippen LogP contribution in [0.5, 0.6) is 0 Å². The Balaban J connectivity index is 1.44. The fraction of sp³-hybridized carbons (Fsp3) is 0.423. The Morgan fingerprint density at radius 3 is 2.79 bits per heavy atom. The van der Waals surface area contributed by atoms with Crippen molar-refractivity contribution in [1.29, 1.82) is 0 Å². The van der Waals surface area contributed by atoms with Gasteiger partial charge in [0.25, 0.3) is 0 Å². The van der Waals surface area contributed by atoms with Crippen LogP contribution in [0, 0.1) is 5.41 Å². The molecule has 178 valence electrons. The van der Waals surface area contributed by atoms with E-state index in [1.807, 2.05) is 48.9 Å². The highest BCUT2D eigenvalue weighted by Gasteiger charge is 2.32. The van der Waals surface area contributed by atoms with Crippen molar-refractivity contribution in [3.8, 4) is 22.5 Å². The lowest BCUT2D eigenvalue weighted by atomic mass is 9.79. The minimum Gasteiger partial charge on any atom is -0.389 e. The summed E-state index contributed by atoms with van der Waals surface area (Å²) < 4.78 is 3.84. The molecule has 34 heavy (non-hydrogen) atoms. The molecular formula is C26H33N7O. The average Bonchev–Trinajstić information content (AvgIpc) is 3.41. The highest BCUT2D eigenvalue weighted by atomic mass is 16.3. The van der Waals surface area contributed by atoms with Crippen LogP contribution in [0.15, 0.2) is 55.1 Å². The molecule has 0 bridgehead atoms. The number of rotatable bonds is 6. The van der Waals surface area contributed by atoms with Gasteiger partial charge in [-0.3, -0.25) is 9.08 Å². The predicted octanol–water partition coefficient (Wildman–Crippen LogP) is 3.83. The fourth-order valence-electron chi connectivity index (χ4n) is 4.53. The van der Waals surface area contributed by atoms with Crippen molar-refractivity contribution in [2.75, 3.05) is 18.4 Å². The molecule has 0 aliphatic carbocycles. The number of hydrogen-bond acceptors (Lipinski definition) is 6. The van der Waals surface area contributed by atoms with E-state index in [0.29, 0.717) is 12.6 Å². The first-order valence-corrected chi connectivity index (χ1v) is 11.8. The van der Waals surface area contributed by atoms with E-state index in [4.69, 9.17) is 4.98 Å². The van der Waals surface area contributed by atoms with Crippen molar-refractivity contribution in [2.24, 2.45) is 5.41 Å². The summed E-state index contributed by atoms with van der Waals surface area (Å²) in [7, 11) is 0. The highest BCUT2D eigenvalue weighted by molar-refractivity contribution is 5.67. The third-order valence-corrected chi connectivity index (χ3v) is 6.59. The van der Waals surface area contributed by atoms with Crippen LogP contribution in [-0.4, -0.2) is 54.0 Å². The SMILES string of the molecule is CC(C)(O)Cn1cc(-c2ccc3ncc(-c4cccc(NC5CNCCC5(C)C)n4)n3c2)cn1. The molecule has 4 aromatic heterocycles. The van der Waals surface area contributed by atoms with Gasteiger partial charge in [0.2, 0.25) is 0 Å². The second kappa shape index (κ2) is 8.52. The Morgan fingerprint density at radius 2 is 2.00 bits per heavy atom. The van der Waals surface area contributed by atoms with E-state index in [9.17, 15) is 5.11 Å². The Labute approximate surface area is 200 Å². The molecule has 5 rings (SSSR count). The summed E-state index contributed by atoms with van der Waals surface area (Å²) >= 11 is 0. The molecule has 0 aromatic carbocycles. The predicted molar refractivity (Wildman–Crippen MR) is 135 cm³/mol. The molecule has 0 saturated carbocycles. The number of fused-ring (bicyclic) bond motifs is 1. The molecule has 8 heteroatoms. The summed E-state index contributed by atoms with van der Waals surface area (Å²) in [6.45, 7) is 10.6. The summed E-state index contributed by atoms with van der Waals surface area (Å²) in [5, 5.41) is 21.6. The van der Waals surface area contributed by atoms with Gasteiger partial charge in [-0.15, -0.1) is 0 Å². The molecule has 5 heterocycles. The Kier molecular flexibility index (Phi) is 5.65. The van der Waals surface area contributed by atoms with Crippen LogP contribution in [0.3, 0.4) is 0 Å². The molecule has 0 spiro atoms. The summed E-state index contributed by atoms with van der Waals surface area (Å²) in [5.74, 6) is 0.873. The zero-order valence-corrected chi connectivity index (χ0v) is 20.3. The van der Waals surface area contributed by atoms with E-state index in [-0.39, 0.29) is 5.41 Å². The van der Waals surface area contributed by atoms with Crippen LogP contribution in [0.1, 0.15) is 34.1 Å². The minimum absolute atomic E-state index is 0.205. The molecule has 1 aliphatic rings. The molecule has 0 radical (unpaired) electrons. The molecule has 1 fully saturated rings. The van der Waals surface area contributed by atoms with E-state index in [2.05, 4.69) is 45.2 Å². The molecule has 0 amide bonds. The zero-order valence-electron chi connectivity index (χ0n) is 20.3. The lowest BCUT2D eigenvalue weighted by molar-refractivity contribution is 0.0577. The number of pyridine rings is 2. The number of nitrogens with one attached hydrogen (secondary N) is 2. The van der Waals surface area contributed by atoms with Crippen molar-refractivity contribution >= 4 is 11.5 Å². The maximum Gasteiger partial charge on any atom is 0.137 e. The van der Waals surface area contributed by atoms with E-state index < -0.39 is 5.60 Å². The van der Waals surface area contributed by atoms with Crippen molar-refractivity contribution in [3.63, 3.8) is 0 Å². The van der Waals surface area contributed by atoms with Gasteiger partial charge in [0.05, 0.1) is 35.9 Å². The van der Waals surface area contributed by atoms with E-state index in [0.717, 1.165) is 53.5 Å². The lowest BCUT2D eigenvalue weighted by Gasteiger charge is -2.39. The first-order valence-electron chi connectivity index (χ1n) is 11.8. The molecule has 3 N–H and O–H groups in total. The summed E-state index contributed by atoms with van der Waals surface area (Å²) in [4.78, 5) is 9.52. The third-order valence-electron chi connectivity index (χ3n) is 6.59. The Morgan fingerprint density at radius 1 is 1.15 bits per heavy atom. The molecule has 4 aromatic rings. The fourth-order valence-corrected chi connectivity index (χ4v) is 4.53.